The van der Waals surface area contributed by atoms with E-state index in [-0.39, 0.29) is 18.5 Å². The number of carbonyl (C=O) groups excluding carboxylic acids is 2. The Morgan fingerprint density at radius 2 is 0.929 bits per heavy atom. The lowest BCUT2D eigenvalue weighted by Crippen LogP contribution is -2.60. The largest absolute Gasteiger partial charge is 0.466 e. The van der Waals surface area contributed by atoms with Crippen molar-refractivity contribution in [3.05, 3.63) is 48.6 Å². The molecule has 408 valence electrons. The zero-order valence-electron chi connectivity index (χ0n) is 44.7. The monoisotopic (exact) mass is 990 g/mol. The predicted octanol–water partition coefficient (Wildman–Crippen LogP) is 12.9. The summed E-state index contributed by atoms with van der Waals surface area (Å²) >= 11 is 0. The Bertz CT molecular complexity index is 1300. The number of esters is 1. The third-order valence-corrected chi connectivity index (χ3v) is 13.4. The summed E-state index contributed by atoms with van der Waals surface area (Å²) in [5.41, 5.74) is 0. The van der Waals surface area contributed by atoms with Crippen molar-refractivity contribution < 1.29 is 49.3 Å². The van der Waals surface area contributed by atoms with Crippen LogP contribution < -0.4 is 5.32 Å². The van der Waals surface area contributed by atoms with Crippen molar-refractivity contribution in [3.63, 3.8) is 0 Å². The van der Waals surface area contributed by atoms with E-state index in [0.29, 0.717) is 19.4 Å². The van der Waals surface area contributed by atoms with E-state index in [9.17, 15) is 35.1 Å². The molecule has 0 aromatic carbocycles. The Morgan fingerprint density at radius 1 is 0.514 bits per heavy atom. The van der Waals surface area contributed by atoms with Gasteiger partial charge in [-0.2, -0.15) is 0 Å². The van der Waals surface area contributed by atoms with E-state index in [0.717, 1.165) is 103 Å². The van der Waals surface area contributed by atoms with Crippen LogP contribution in [0.4, 0.5) is 0 Å². The SMILES string of the molecule is CCCCC/C=C/CC/C=C/CC/C=C/C(O)C(COC1OC(CO)C(O)C(O)C1O)NC(=O)CCCCCCC/C=C\CCCCCCCCCCCOC(=O)CCCCCCCCCCCCC. The molecule has 1 amide bonds. The van der Waals surface area contributed by atoms with Crippen LogP contribution in [0, 0.1) is 0 Å². The Kier molecular flexibility index (Phi) is 45.8. The van der Waals surface area contributed by atoms with Gasteiger partial charge in [0.15, 0.2) is 6.29 Å². The molecule has 0 aromatic rings. The van der Waals surface area contributed by atoms with E-state index < -0.39 is 49.5 Å². The Morgan fingerprint density at radius 3 is 1.44 bits per heavy atom. The van der Waals surface area contributed by atoms with Crippen molar-refractivity contribution in [2.45, 2.75) is 294 Å². The van der Waals surface area contributed by atoms with E-state index in [2.05, 4.69) is 55.6 Å². The summed E-state index contributed by atoms with van der Waals surface area (Å²) in [6.07, 6.45) is 50.5. The van der Waals surface area contributed by atoms with Gasteiger partial charge in [-0.3, -0.25) is 9.59 Å². The van der Waals surface area contributed by atoms with Gasteiger partial charge in [0.1, 0.15) is 24.4 Å². The summed E-state index contributed by atoms with van der Waals surface area (Å²) in [4.78, 5) is 25.0. The molecule has 1 saturated heterocycles. The smallest absolute Gasteiger partial charge is 0.305 e. The molecule has 7 unspecified atom stereocenters. The molecule has 1 aliphatic rings. The van der Waals surface area contributed by atoms with Crippen molar-refractivity contribution in [2.24, 2.45) is 0 Å². The van der Waals surface area contributed by atoms with Crippen LogP contribution in [0.3, 0.4) is 0 Å². The summed E-state index contributed by atoms with van der Waals surface area (Å²) in [6.45, 7) is 4.26. The highest BCUT2D eigenvalue weighted by Crippen LogP contribution is 2.23. The summed E-state index contributed by atoms with van der Waals surface area (Å²) in [5.74, 6) is -0.227. The van der Waals surface area contributed by atoms with Crippen molar-refractivity contribution in [2.75, 3.05) is 19.8 Å². The molecule has 11 heteroatoms. The van der Waals surface area contributed by atoms with Crippen LogP contribution in [0.2, 0.25) is 0 Å². The van der Waals surface area contributed by atoms with Crippen LogP contribution in [0.1, 0.15) is 251 Å². The lowest BCUT2D eigenvalue weighted by Gasteiger charge is -2.40. The fourth-order valence-corrected chi connectivity index (χ4v) is 8.75. The van der Waals surface area contributed by atoms with Crippen LogP contribution >= 0.6 is 0 Å². The number of rotatable bonds is 49. The molecule has 0 spiro atoms. The second kappa shape index (κ2) is 48.9. The van der Waals surface area contributed by atoms with Gasteiger partial charge in [-0.1, -0.05) is 204 Å². The van der Waals surface area contributed by atoms with E-state index in [4.69, 9.17) is 14.2 Å². The van der Waals surface area contributed by atoms with Crippen molar-refractivity contribution in [1.29, 1.82) is 0 Å². The number of ether oxygens (including phenoxy) is 3. The minimum Gasteiger partial charge on any atom is -0.466 e. The maximum atomic E-state index is 13.0. The lowest BCUT2D eigenvalue weighted by molar-refractivity contribution is -0.302. The van der Waals surface area contributed by atoms with Gasteiger partial charge in [-0.15, -0.1) is 0 Å². The standard InChI is InChI=1S/C59H107NO10/c1-3-5-7-9-11-13-15-22-26-29-33-37-41-45-52(62)51(50-69-59-58(67)57(66)56(65)53(49-61)70-59)60-54(63)46-42-38-34-30-27-23-20-18-16-17-19-21-24-28-32-36-40-44-48-68-55(64)47-43-39-35-31-25-14-12-10-8-6-4-2/h11,13,18,20,26,29,41,45,51-53,56-59,61-62,65-67H,3-10,12,14-17,19,21-25,27-28,30-40,42-44,46-50H2,1-2H3,(H,60,63)/b13-11+,20-18-,29-26+,45-41+. The topological polar surface area (TPSA) is 175 Å². The maximum Gasteiger partial charge on any atom is 0.305 e. The molecule has 0 radical (unpaired) electrons. The first-order valence-corrected chi connectivity index (χ1v) is 28.9. The molecule has 0 bridgehead atoms. The number of amides is 1. The van der Waals surface area contributed by atoms with E-state index in [1.54, 1.807) is 6.08 Å². The first-order chi connectivity index (χ1) is 34.2. The molecule has 7 atom stereocenters. The first kappa shape index (κ1) is 65.6. The number of hydrogen-bond donors (Lipinski definition) is 6. The highest BCUT2D eigenvalue weighted by atomic mass is 16.7. The van der Waals surface area contributed by atoms with Gasteiger partial charge in [0, 0.05) is 12.8 Å². The van der Waals surface area contributed by atoms with Crippen molar-refractivity contribution >= 4 is 11.9 Å². The quantitative estimate of drug-likeness (QED) is 0.0196. The summed E-state index contributed by atoms with van der Waals surface area (Å²) in [6, 6.07) is -0.845. The first-order valence-electron chi connectivity index (χ1n) is 28.9. The number of allylic oxidation sites excluding steroid dienone is 7. The minimum absolute atomic E-state index is 0.0148. The van der Waals surface area contributed by atoms with Gasteiger partial charge in [0.25, 0.3) is 0 Å². The average molecular weight is 991 g/mol. The molecule has 0 aliphatic carbocycles. The van der Waals surface area contributed by atoms with Crippen LogP contribution in [0.15, 0.2) is 48.6 Å². The fraction of sp³-hybridized carbons (Fsp3) is 0.831. The van der Waals surface area contributed by atoms with Crippen molar-refractivity contribution in [3.8, 4) is 0 Å². The number of nitrogens with one attached hydrogen (secondary N) is 1. The molecule has 1 fully saturated rings. The minimum atomic E-state index is -1.58. The molecule has 0 aromatic heterocycles. The zero-order chi connectivity index (χ0) is 51.0. The molecule has 11 nitrogen and oxygen atoms in total. The van der Waals surface area contributed by atoms with Gasteiger partial charge < -0.3 is 45.1 Å². The molecule has 1 aliphatic heterocycles. The van der Waals surface area contributed by atoms with E-state index in [1.807, 2.05) is 6.08 Å². The van der Waals surface area contributed by atoms with Crippen molar-refractivity contribution in [1.82, 2.24) is 5.32 Å². The highest BCUT2D eigenvalue weighted by molar-refractivity contribution is 5.76. The Hall–Kier alpha value is -2.38. The third-order valence-electron chi connectivity index (χ3n) is 13.4. The molecular weight excluding hydrogens is 883 g/mol. The second-order valence-electron chi connectivity index (χ2n) is 20.0. The van der Waals surface area contributed by atoms with Gasteiger partial charge in [0.05, 0.1) is 32.0 Å². The summed E-state index contributed by atoms with van der Waals surface area (Å²) < 4.78 is 16.7. The number of unbranched alkanes of at least 4 members (excludes halogenated alkanes) is 29. The number of aliphatic hydroxyl groups is 5. The van der Waals surface area contributed by atoms with Gasteiger partial charge in [-0.25, -0.2) is 0 Å². The normalized spacial score (nSPS) is 19.6. The van der Waals surface area contributed by atoms with Crippen LogP contribution in [0.5, 0.6) is 0 Å². The fourth-order valence-electron chi connectivity index (χ4n) is 8.75. The molecular formula is C59H107NO10. The Labute approximate surface area is 427 Å². The maximum absolute atomic E-state index is 13.0. The van der Waals surface area contributed by atoms with Gasteiger partial charge in [0.2, 0.25) is 5.91 Å². The van der Waals surface area contributed by atoms with Gasteiger partial charge in [-0.05, 0) is 83.5 Å². The average Bonchev–Trinajstić information content (AvgIpc) is 3.36. The molecule has 70 heavy (non-hydrogen) atoms. The number of aliphatic hydroxyl groups excluding tert-OH is 5. The second-order valence-corrected chi connectivity index (χ2v) is 20.0. The highest BCUT2D eigenvalue weighted by Gasteiger charge is 2.44. The Balaban J connectivity index is 2.15. The molecule has 0 saturated carbocycles. The number of hydrogen-bond acceptors (Lipinski definition) is 10. The van der Waals surface area contributed by atoms with Gasteiger partial charge >= 0.3 is 5.97 Å². The molecule has 6 N–H and O–H groups in total. The van der Waals surface area contributed by atoms with E-state index in [1.165, 1.54) is 122 Å². The van der Waals surface area contributed by atoms with E-state index >= 15 is 0 Å². The predicted molar refractivity (Wildman–Crippen MR) is 287 cm³/mol. The molecule has 1 rings (SSSR count). The summed E-state index contributed by atoms with van der Waals surface area (Å²) in [5, 5.41) is 54.3. The van der Waals surface area contributed by atoms with Crippen LogP contribution in [-0.4, -0.2) is 100 Å². The summed E-state index contributed by atoms with van der Waals surface area (Å²) in [7, 11) is 0. The van der Waals surface area contributed by atoms with Crippen LogP contribution in [-0.2, 0) is 23.8 Å². The zero-order valence-corrected chi connectivity index (χ0v) is 44.7. The lowest BCUT2D eigenvalue weighted by atomic mass is 9.99. The number of carbonyl (C=O) groups is 2. The van der Waals surface area contributed by atoms with Crippen LogP contribution in [0.25, 0.3) is 0 Å². The molecule has 1 heterocycles. The third kappa shape index (κ3) is 38.3.